The van der Waals surface area contributed by atoms with Gasteiger partial charge in [-0.3, -0.25) is 4.79 Å². The molecule has 0 atom stereocenters. The zero-order valence-corrected chi connectivity index (χ0v) is 9.64. The fraction of sp³-hybridized carbons (Fsp3) is 0.273. The Kier molecular flexibility index (Phi) is 4.19. The van der Waals surface area contributed by atoms with E-state index < -0.39 is 29.7 Å². The average Bonchev–Trinajstić information content (AvgIpc) is 2.25. The molecule has 0 saturated carbocycles. The first-order valence-corrected chi connectivity index (χ1v) is 5.24. The highest BCUT2D eigenvalue weighted by Crippen LogP contribution is 2.34. The van der Waals surface area contributed by atoms with Gasteiger partial charge in [-0.25, -0.2) is 0 Å². The van der Waals surface area contributed by atoms with Crippen molar-refractivity contribution >= 4 is 17.6 Å². The third-order valence-electron chi connectivity index (χ3n) is 2.20. The summed E-state index contributed by atoms with van der Waals surface area (Å²) in [7, 11) is 0. The summed E-state index contributed by atoms with van der Waals surface area (Å²) in [5.41, 5.74) is -1.78. The molecule has 0 unspecified atom stereocenters. The van der Waals surface area contributed by atoms with Gasteiger partial charge in [-0.1, -0.05) is 6.07 Å². The Hall–Kier alpha value is -1.74. The Balaban J connectivity index is 3.47. The van der Waals surface area contributed by atoms with Gasteiger partial charge in [0.05, 0.1) is 17.5 Å². The number of halogens is 4. The van der Waals surface area contributed by atoms with Crippen molar-refractivity contribution in [3.05, 3.63) is 34.4 Å². The quantitative estimate of drug-likeness (QED) is 0.864. The molecule has 3 nitrogen and oxygen atoms in total. The largest absolute Gasteiger partial charge is 0.481 e. The van der Waals surface area contributed by atoms with Crippen LogP contribution in [0.15, 0.2) is 12.1 Å². The Morgan fingerprint density at radius 3 is 2.44 bits per heavy atom. The van der Waals surface area contributed by atoms with E-state index in [1.54, 1.807) is 0 Å². The number of carboxylic acids is 1. The molecule has 18 heavy (non-hydrogen) atoms. The number of hydrogen-bond donors (Lipinski definition) is 1. The van der Waals surface area contributed by atoms with Crippen molar-refractivity contribution < 1.29 is 23.1 Å². The second-order valence-electron chi connectivity index (χ2n) is 3.49. The molecule has 0 aliphatic heterocycles. The summed E-state index contributed by atoms with van der Waals surface area (Å²) in [6.45, 7) is 0. The number of alkyl halides is 4. The molecule has 0 radical (unpaired) electrons. The van der Waals surface area contributed by atoms with Crippen LogP contribution in [0.2, 0.25) is 0 Å². The summed E-state index contributed by atoms with van der Waals surface area (Å²) in [4.78, 5) is 10.5. The molecule has 0 aliphatic rings. The fourth-order valence-electron chi connectivity index (χ4n) is 1.51. The minimum absolute atomic E-state index is 0.0229. The summed E-state index contributed by atoms with van der Waals surface area (Å²) in [6.07, 6.45) is -5.28. The van der Waals surface area contributed by atoms with Gasteiger partial charge in [0.1, 0.15) is 6.07 Å². The molecule has 1 aromatic carbocycles. The van der Waals surface area contributed by atoms with Crippen molar-refractivity contribution in [2.45, 2.75) is 18.5 Å². The molecule has 0 aliphatic carbocycles. The lowest BCUT2D eigenvalue weighted by atomic mass is 9.97. The number of benzene rings is 1. The third-order valence-corrected chi connectivity index (χ3v) is 2.48. The SMILES string of the molecule is N#Cc1c(CCl)cc(CC(=O)O)cc1C(F)(F)F. The van der Waals surface area contributed by atoms with Crippen LogP contribution in [-0.2, 0) is 23.3 Å². The zero-order valence-electron chi connectivity index (χ0n) is 8.88. The maximum Gasteiger partial charge on any atom is 0.417 e. The van der Waals surface area contributed by atoms with Gasteiger partial charge in [-0.15, -0.1) is 11.6 Å². The maximum absolute atomic E-state index is 12.7. The fourth-order valence-corrected chi connectivity index (χ4v) is 1.72. The topological polar surface area (TPSA) is 61.1 Å². The second kappa shape index (κ2) is 5.27. The zero-order chi connectivity index (χ0) is 13.9. The van der Waals surface area contributed by atoms with Gasteiger partial charge < -0.3 is 5.11 Å². The molecule has 1 rings (SSSR count). The highest BCUT2D eigenvalue weighted by Gasteiger charge is 2.35. The minimum atomic E-state index is -4.72. The number of nitriles is 1. The van der Waals surface area contributed by atoms with Crippen LogP contribution < -0.4 is 0 Å². The Morgan fingerprint density at radius 1 is 1.44 bits per heavy atom. The Bertz CT molecular complexity index is 520. The number of rotatable bonds is 3. The predicted molar refractivity (Wildman–Crippen MR) is 57.1 cm³/mol. The number of aliphatic carboxylic acids is 1. The monoisotopic (exact) mass is 277 g/mol. The molecule has 1 aromatic rings. The van der Waals surface area contributed by atoms with Crippen LogP contribution in [0.5, 0.6) is 0 Å². The van der Waals surface area contributed by atoms with Crippen molar-refractivity contribution in [3.63, 3.8) is 0 Å². The Labute approximate surface area is 105 Å². The van der Waals surface area contributed by atoms with E-state index in [4.69, 9.17) is 22.0 Å². The van der Waals surface area contributed by atoms with Gasteiger partial charge in [0.25, 0.3) is 0 Å². The summed E-state index contributed by atoms with van der Waals surface area (Å²) >= 11 is 5.48. The lowest BCUT2D eigenvalue weighted by Crippen LogP contribution is -2.12. The van der Waals surface area contributed by atoms with Crippen molar-refractivity contribution in [2.24, 2.45) is 0 Å². The van der Waals surface area contributed by atoms with Crippen LogP contribution in [0, 0.1) is 11.3 Å². The molecule has 0 amide bonds. The smallest absolute Gasteiger partial charge is 0.417 e. The van der Waals surface area contributed by atoms with Gasteiger partial charge >= 0.3 is 12.1 Å². The number of carbonyl (C=O) groups is 1. The van der Waals surface area contributed by atoms with E-state index in [0.717, 1.165) is 0 Å². The standard InChI is InChI=1S/C11H7ClF3NO2/c12-4-7-1-6(3-10(17)18)2-9(8(7)5-16)11(13,14)15/h1-2H,3-4H2,(H,17,18). The van der Waals surface area contributed by atoms with E-state index in [1.807, 2.05) is 0 Å². The summed E-state index contributed by atoms with van der Waals surface area (Å²) < 4.78 is 38.2. The predicted octanol–water partition coefficient (Wildman–Crippen LogP) is 2.94. The lowest BCUT2D eigenvalue weighted by Gasteiger charge is -2.13. The molecule has 7 heteroatoms. The first-order chi connectivity index (χ1) is 8.29. The van der Waals surface area contributed by atoms with Gasteiger partial charge in [0.2, 0.25) is 0 Å². The average molecular weight is 278 g/mol. The summed E-state index contributed by atoms with van der Waals surface area (Å²) in [5, 5.41) is 17.3. The first kappa shape index (κ1) is 14.3. The third kappa shape index (κ3) is 3.14. The molecule has 0 aromatic heterocycles. The highest BCUT2D eigenvalue weighted by molar-refractivity contribution is 6.17. The van der Waals surface area contributed by atoms with Crippen LogP contribution in [0.4, 0.5) is 13.2 Å². The van der Waals surface area contributed by atoms with E-state index >= 15 is 0 Å². The summed E-state index contributed by atoms with van der Waals surface area (Å²) in [5.74, 6) is -1.55. The van der Waals surface area contributed by atoms with Gasteiger partial charge in [-0.2, -0.15) is 18.4 Å². The van der Waals surface area contributed by atoms with Crippen LogP contribution >= 0.6 is 11.6 Å². The van der Waals surface area contributed by atoms with Gasteiger partial charge in [0, 0.05) is 5.88 Å². The van der Waals surface area contributed by atoms with Crippen molar-refractivity contribution in [2.75, 3.05) is 0 Å². The number of carboxylic acid groups (broad SMARTS) is 1. The van der Waals surface area contributed by atoms with Crippen LogP contribution in [-0.4, -0.2) is 11.1 Å². The van der Waals surface area contributed by atoms with Crippen LogP contribution in [0.25, 0.3) is 0 Å². The van der Waals surface area contributed by atoms with Gasteiger partial charge in [0.15, 0.2) is 0 Å². The van der Waals surface area contributed by atoms with Crippen LogP contribution in [0.1, 0.15) is 22.3 Å². The maximum atomic E-state index is 12.7. The molecular weight excluding hydrogens is 271 g/mol. The van der Waals surface area contributed by atoms with Crippen molar-refractivity contribution in [1.82, 2.24) is 0 Å². The number of hydrogen-bond acceptors (Lipinski definition) is 2. The van der Waals surface area contributed by atoms with E-state index in [-0.39, 0.29) is 17.0 Å². The van der Waals surface area contributed by atoms with Crippen molar-refractivity contribution in [3.8, 4) is 6.07 Å². The lowest BCUT2D eigenvalue weighted by molar-refractivity contribution is -0.139. The van der Waals surface area contributed by atoms with E-state index in [0.29, 0.717) is 6.07 Å². The molecular formula is C11H7ClF3NO2. The Morgan fingerprint density at radius 2 is 2.06 bits per heavy atom. The molecule has 0 bridgehead atoms. The van der Waals surface area contributed by atoms with Crippen LogP contribution in [0.3, 0.4) is 0 Å². The van der Waals surface area contributed by atoms with E-state index in [1.165, 1.54) is 12.1 Å². The molecule has 0 saturated heterocycles. The van der Waals surface area contributed by atoms with Gasteiger partial charge in [-0.05, 0) is 17.2 Å². The normalized spacial score (nSPS) is 11.1. The molecule has 0 spiro atoms. The molecule has 0 heterocycles. The van der Waals surface area contributed by atoms with E-state index in [9.17, 15) is 18.0 Å². The second-order valence-corrected chi connectivity index (χ2v) is 3.76. The van der Waals surface area contributed by atoms with E-state index in [2.05, 4.69) is 0 Å². The highest BCUT2D eigenvalue weighted by atomic mass is 35.5. The number of nitrogens with zero attached hydrogens (tertiary/aromatic N) is 1. The minimum Gasteiger partial charge on any atom is -0.481 e. The molecule has 1 N–H and O–H groups in total. The first-order valence-electron chi connectivity index (χ1n) is 4.70. The summed E-state index contributed by atoms with van der Waals surface area (Å²) in [6, 6.07) is 3.32. The van der Waals surface area contributed by atoms with Crippen molar-refractivity contribution in [1.29, 1.82) is 5.26 Å². The molecule has 0 fully saturated rings. The molecule has 96 valence electrons.